The van der Waals surface area contributed by atoms with Gasteiger partial charge in [-0.1, -0.05) is 35.0 Å². The SMILES string of the molecule is CC1(C(Cc2cccc(Br)c2)NN)CC1. The lowest BCUT2D eigenvalue weighted by molar-refractivity contribution is 0.359. The standard InChI is InChI=1S/C12H17BrN2/c1-12(5-6-12)11(15-14)8-9-3-2-4-10(13)7-9/h2-4,7,11,15H,5-6,8,14H2,1H3. The van der Waals surface area contributed by atoms with Gasteiger partial charge in [0.2, 0.25) is 0 Å². The molecule has 2 nitrogen and oxygen atoms in total. The van der Waals surface area contributed by atoms with E-state index in [-0.39, 0.29) is 0 Å². The van der Waals surface area contributed by atoms with E-state index in [1.165, 1.54) is 18.4 Å². The summed E-state index contributed by atoms with van der Waals surface area (Å²) < 4.78 is 1.14. The third-order valence-corrected chi connectivity index (χ3v) is 3.90. The van der Waals surface area contributed by atoms with Gasteiger partial charge in [0.05, 0.1) is 0 Å². The van der Waals surface area contributed by atoms with E-state index >= 15 is 0 Å². The fourth-order valence-electron chi connectivity index (χ4n) is 1.95. The van der Waals surface area contributed by atoms with Gasteiger partial charge in [0, 0.05) is 10.5 Å². The van der Waals surface area contributed by atoms with Crippen molar-refractivity contribution in [2.24, 2.45) is 11.3 Å². The van der Waals surface area contributed by atoms with E-state index in [4.69, 9.17) is 5.84 Å². The van der Waals surface area contributed by atoms with Crippen molar-refractivity contribution in [2.75, 3.05) is 0 Å². The number of nitrogens with one attached hydrogen (secondary N) is 1. The fourth-order valence-corrected chi connectivity index (χ4v) is 2.40. The summed E-state index contributed by atoms with van der Waals surface area (Å²) in [7, 11) is 0. The number of nitrogens with two attached hydrogens (primary N) is 1. The van der Waals surface area contributed by atoms with Crippen LogP contribution in [0.25, 0.3) is 0 Å². The maximum absolute atomic E-state index is 5.62. The Bertz CT molecular complexity index is 347. The minimum Gasteiger partial charge on any atom is -0.271 e. The lowest BCUT2D eigenvalue weighted by Gasteiger charge is -2.22. The molecular formula is C12H17BrN2. The van der Waals surface area contributed by atoms with Crippen molar-refractivity contribution in [3.05, 3.63) is 34.3 Å². The van der Waals surface area contributed by atoms with Crippen LogP contribution in [-0.2, 0) is 6.42 Å². The summed E-state index contributed by atoms with van der Waals surface area (Å²) in [6.45, 7) is 2.30. The summed E-state index contributed by atoms with van der Waals surface area (Å²) >= 11 is 3.49. The third kappa shape index (κ3) is 2.60. The molecule has 0 aromatic heterocycles. The molecule has 0 radical (unpaired) electrons. The second-order valence-corrected chi connectivity index (χ2v) is 5.62. The summed E-state index contributed by atoms with van der Waals surface area (Å²) in [6, 6.07) is 8.83. The zero-order valence-electron chi connectivity index (χ0n) is 8.96. The monoisotopic (exact) mass is 268 g/mol. The molecule has 15 heavy (non-hydrogen) atoms. The van der Waals surface area contributed by atoms with Crippen LogP contribution < -0.4 is 11.3 Å². The van der Waals surface area contributed by atoms with Crippen LogP contribution in [-0.4, -0.2) is 6.04 Å². The van der Waals surface area contributed by atoms with Gasteiger partial charge in [0.15, 0.2) is 0 Å². The van der Waals surface area contributed by atoms with Crippen LogP contribution in [0.15, 0.2) is 28.7 Å². The van der Waals surface area contributed by atoms with Crippen molar-refractivity contribution in [2.45, 2.75) is 32.2 Å². The van der Waals surface area contributed by atoms with Gasteiger partial charge in [-0.3, -0.25) is 11.3 Å². The highest BCUT2D eigenvalue weighted by atomic mass is 79.9. The molecule has 1 atom stereocenters. The van der Waals surface area contributed by atoms with E-state index < -0.39 is 0 Å². The first-order valence-corrected chi connectivity index (χ1v) is 6.14. The van der Waals surface area contributed by atoms with Gasteiger partial charge >= 0.3 is 0 Å². The molecule has 2 rings (SSSR count). The zero-order valence-corrected chi connectivity index (χ0v) is 10.5. The first kappa shape index (κ1) is 11.1. The summed E-state index contributed by atoms with van der Waals surface area (Å²) in [5.41, 5.74) is 4.70. The average molecular weight is 269 g/mol. The number of benzene rings is 1. The predicted octanol–water partition coefficient (Wildman–Crippen LogP) is 2.62. The topological polar surface area (TPSA) is 38.0 Å². The quantitative estimate of drug-likeness (QED) is 0.651. The molecule has 1 aliphatic rings. The Balaban J connectivity index is 2.06. The Kier molecular flexibility index (Phi) is 3.14. The maximum atomic E-state index is 5.62. The first-order chi connectivity index (χ1) is 7.14. The van der Waals surface area contributed by atoms with E-state index in [0.29, 0.717) is 11.5 Å². The molecule has 1 aliphatic carbocycles. The van der Waals surface area contributed by atoms with Gasteiger partial charge in [-0.05, 0) is 42.4 Å². The van der Waals surface area contributed by atoms with Gasteiger partial charge in [-0.15, -0.1) is 0 Å². The summed E-state index contributed by atoms with van der Waals surface area (Å²) in [4.78, 5) is 0. The molecule has 0 aliphatic heterocycles. The fraction of sp³-hybridized carbons (Fsp3) is 0.500. The van der Waals surface area contributed by atoms with E-state index in [2.05, 4.69) is 46.5 Å². The molecule has 1 saturated carbocycles. The van der Waals surface area contributed by atoms with E-state index in [9.17, 15) is 0 Å². The highest BCUT2D eigenvalue weighted by Gasteiger charge is 2.44. The molecule has 0 amide bonds. The third-order valence-electron chi connectivity index (χ3n) is 3.41. The van der Waals surface area contributed by atoms with E-state index in [1.807, 2.05) is 6.07 Å². The molecule has 3 N–H and O–H groups in total. The van der Waals surface area contributed by atoms with Crippen molar-refractivity contribution in [3.63, 3.8) is 0 Å². The predicted molar refractivity (Wildman–Crippen MR) is 66.3 cm³/mol. The average Bonchev–Trinajstić information content (AvgIpc) is 2.94. The maximum Gasteiger partial charge on any atom is 0.0304 e. The lowest BCUT2D eigenvalue weighted by Crippen LogP contribution is -2.42. The van der Waals surface area contributed by atoms with Crippen LogP contribution in [0.1, 0.15) is 25.3 Å². The van der Waals surface area contributed by atoms with Crippen LogP contribution in [0, 0.1) is 5.41 Å². The Morgan fingerprint density at radius 2 is 2.27 bits per heavy atom. The largest absolute Gasteiger partial charge is 0.271 e. The second-order valence-electron chi connectivity index (χ2n) is 4.71. The molecule has 0 bridgehead atoms. The van der Waals surface area contributed by atoms with Crippen LogP contribution in [0.4, 0.5) is 0 Å². The van der Waals surface area contributed by atoms with Crippen molar-refractivity contribution >= 4 is 15.9 Å². The van der Waals surface area contributed by atoms with Gasteiger partial charge in [0.1, 0.15) is 0 Å². The highest BCUT2D eigenvalue weighted by molar-refractivity contribution is 9.10. The molecule has 0 spiro atoms. The van der Waals surface area contributed by atoms with Crippen molar-refractivity contribution < 1.29 is 0 Å². The molecule has 82 valence electrons. The number of hydrazine groups is 1. The normalized spacial score (nSPS) is 19.9. The van der Waals surface area contributed by atoms with E-state index in [1.54, 1.807) is 0 Å². The second kappa shape index (κ2) is 4.24. The molecule has 1 aromatic carbocycles. The lowest BCUT2D eigenvalue weighted by atomic mass is 9.93. The molecule has 1 fully saturated rings. The Morgan fingerprint density at radius 3 is 2.80 bits per heavy atom. The highest BCUT2D eigenvalue weighted by Crippen LogP contribution is 2.48. The van der Waals surface area contributed by atoms with Gasteiger partial charge in [0.25, 0.3) is 0 Å². The molecular weight excluding hydrogens is 252 g/mol. The molecule has 3 heteroatoms. The summed E-state index contributed by atoms with van der Waals surface area (Å²) in [5.74, 6) is 5.62. The van der Waals surface area contributed by atoms with Crippen molar-refractivity contribution in [1.82, 2.24) is 5.43 Å². The van der Waals surface area contributed by atoms with Crippen LogP contribution in [0.5, 0.6) is 0 Å². The Labute approximate surface area is 99.3 Å². The van der Waals surface area contributed by atoms with Crippen LogP contribution in [0.3, 0.4) is 0 Å². The Morgan fingerprint density at radius 1 is 1.53 bits per heavy atom. The smallest absolute Gasteiger partial charge is 0.0304 e. The number of halogens is 1. The van der Waals surface area contributed by atoms with Crippen LogP contribution in [0.2, 0.25) is 0 Å². The van der Waals surface area contributed by atoms with Crippen molar-refractivity contribution in [3.8, 4) is 0 Å². The molecule has 0 heterocycles. The number of hydrogen-bond donors (Lipinski definition) is 2. The van der Waals surface area contributed by atoms with Gasteiger partial charge in [-0.2, -0.15) is 0 Å². The summed E-state index contributed by atoms with van der Waals surface area (Å²) in [6.07, 6.45) is 3.58. The van der Waals surface area contributed by atoms with Gasteiger partial charge < -0.3 is 0 Å². The zero-order chi connectivity index (χ0) is 10.9. The van der Waals surface area contributed by atoms with Crippen LogP contribution >= 0.6 is 15.9 Å². The Hall–Kier alpha value is -0.380. The number of rotatable bonds is 4. The first-order valence-electron chi connectivity index (χ1n) is 5.35. The minimum atomic E-state index is 0.395. The number of hydrogen-bond acceptors (Lipinski definition) is 2. The van der Waals surface area contributed by atoms with E-state index in [0.717, 1.165) is 10.9 Å². The molecule has 0 saturated heterocycles. The molecule has 1 aromatic rings. The van der Waals surface area contributed by atoms with Gasteiger partial charge in [-0.25, -0.2) is 0 Å². The summed E-state index contributed by atoms with van der Waals surface area (Å²) in [5, 5.41) is 0. The minimum absolute atomic E-state index is 0.395. The molecule has 1 unspecified atom stereocenters. The van der Waals surface area contributed by atoms with Crippen molar-refractivity contribution in [1.29, 1.82) is 0 Å².